The second-order valence-electron chi connectivity index (χ2n) is 7.32. The first kappa shape index (κ1) is 17.0. The van der Waals surface area contributed by atoms with E-state index in [0.717, 1.165) is 24.1 Å². The van der Waals surface area contributed by atoms with E-state index in [2.05, 4.69) is 16.9 Å². The van der Waals surface area contributed by atoms with Crippen LogP contribution in [0.1, 0.15) is 35.7 Å². The Hall–Kier alpha value is -2.39. The van der Waals surface area contributed by atoms with Crippen molar-refractivity contribution in [1.29, 1.82) is 0 Å². The average Bonchev–Trinajstić information content (AvgIpc) is 3.19. The third-order valence-corrected chi connectivity index (χ3v) is 6.09. The van der Waals surface area contributed by atoms with Crippen LogP contribution in [0.3, 0.4) is 0 Å². The van der Waals surface area contributed by atoms with Crippen molar-refractivity contribution < 1.29 is 13.2 Å². The molecule has 2 aliphatic rings. The fraction of sp³-hybridized carbons (Fsp3) is 0.412. The van der Waals surface area contributed by atoms with Crippen molar-refractivity contribution in [2.75, 3.05) is 11.6 Å². The molecule has 0 atom stereocenters. The Bertz CT molecular complexity index is 994. The first-order chi connectivity index (χ1) is 12.2. The molecule has 0 bridgehead atoms. The molecule has 1 saturated carbocycles. The summed E-state index contributed by atoms with van der Waals surface area (Å²) in [6.07, 6.45) is 5.68. The van der Waals surface area contributed by atoms with E-state index >= 15 is 0 Å². The van der Waals surface area contributed by atoms with Crippen molar-refractivity contribution in [3.63, 3.8) is 0 Å². The minimum absolute atomic E-state index is 0.00819. The number of aryl methyl sites for hydroxylation is 1. The zero-order chi connectivity index (χ0) is 18.7. The zero-order valence-electron chi connectivity index (χ0n) is 14.7. The molecule has 2 N–H and O–H groups in total. The molecule has 1 aromatic carbocycles. The van der Waals surface area contributed by atoms with Gasteiger partial charge in [-0.2, -0.15) is 5.10 Å². The number of sulfonamides is 1. The van der Waals surface area contributed by atoms with E-state index in [1.807, 2.05) is 13.2 Å². The van der Waals surface area contributed by atoms with Crippen LogP contribution in [0.4, 0.5) is 5.69 Å². The van der Waals surface area contributed by atoms with Gasteiger partial charge in [0.1, 0.15) is 0 Å². The summed E-state index contributed by atoms with van der Waals surface area (Å²) in [6.45, 7) is 3.03. The summed E-state index contributed by atoms with van der Waals surface area (Å²) >= 11 is 0. The third-order valence-electron chi connectivity index (χ3n) is 5.17. The third kappa shape index (κ3) is 2.86. The Balaban J connectivity index is 1.76. The van der Waals surface area contributed by atoms with Gasteiger partial charge >= 0.3 is 0 Å². The molecule has 0 saturated heterocycles. The van der Waals surface area contributed by atoms with Crippen LogP contribution in [0, 0.1) is 0 Å². The molecule has 1 aromatic heterocycles. The summed E-state index contributed by atoms with van der Waals surface area (Å²) < 4.78 is 25.1. The number of nitrogens with two attached hydrogens (primary N) is 1. The van der Waals surface area contributed by atoms with E-state index < -0.39 is 10.0 Å². The van der Waals surface area contributed by atoms with E-state index in [4.69, 9.17) is 5.14 Å². The van der Waals surface area contributed by atoms with Gasteiger partial charge in [0.2, 0.25) is 10.0 Å². The lowest BCUT2D eigenvalue weighted by Gasteiger charge is -2.42. The molecular formula is C17H21N5O3S. The number of hydrogen-bond donors (Lipinski definition) is 1. The van der Waals surface area contributed by atoms with Crippen LogP contribution in [0.15, 0.2) is 35.5 Å². The first-order valence-corrected chi connectivity index (χ1v) is 9.93. The summed E-state index contributed by atoms with van der Waals surface area (Å²) in [6, 6.07) is 4.55. The SMILES string of the molecule is Cn1cc(CN2CN(C3(C)CC3)c3ccc(S(N)(=O)=O)cc3C2=O)cn1. The van der Waals surface area contributed by atoms with Crippen LogP contribution in [0.5, 0.6) is 0 Å². The van der Waals surface area contributed by atoms with Crippen LogP contribution in [-0.2, 0) is 23.6 Å². The second-order valence-corrected chi connectivity index (χ2v) is 8.88. The average molecular weight is 375 g/mol. The summed E-state index contributed by atoms with van der Waals surface area (Å²) in [5.41, 5.74) is 2.06. The van der Waals surface area contributed by atoms with Crippen molar-refractivity contribution in [2.45, 2.75) is 36.7 Å². The molecule has 1 aliphatic carbocycles. The van der Waals surface area contributed by atoms with Crippen molar-refractivity contribution in [3.05, 3.63) is 41.7 Å². The Morgan fingerprint density at radius 3 is 2.62 bits per heavy atom. The molecule has 4 rings (SSSR count). The van der Waals surface area contributed by atoms with Crippen LogP contribution in [-0.4, -0.2) is 41.2 Å². The predicted molar refractivity (Wildman–Crippen MR) is 95.9 cm³/mol. The number of benzene rings is 1. The van der Waals surface area contributed by atoms with Gasteiger partial charge in [-0.3, -0.25) is 9.48 Å². The molecular weight excluding hydrogens is 354 g/mol. The fourth-order valence-corrected chi connectivity index (χ4v) is 3.93. The number of carbonyl (C=O) groups is 1. The molecule has 2 heterocycles. The lowest BCUT2D eigenvalue weighted by Crippen LogP contribution is -2.50. The number of primary sulfonamides is 1. The van der Waals surface area contributed by atoms with Gasteiger partial charge in [-0.25, -0.2) is 13.6 Å². The van der Waals surface area contributed by atoms with E-state index in [9.17, 15) is 13.2 Å². The maximum atomic E-state index is 13.0. The molecule has 8 nitrogen and oxygen atoms in total. The van der Waals surface area contributed by atoms with Crippen molar-refractivity contribution in [2.24, 2.45) is 12.2 Å². The Morgan fingerprint density at radius 2 is 2.04 bits per heavy atom. The van der Waals surface area contributed by atoms with Gasteiger partial charge < -0.3 is 9.80 Å². The van der Waals surface area contributed by atoms with Gasteiger partial charge in [0, 0.05) is 24.3 Å². The topological polar surface area (TPSA) is 102 Å². The number of carbonyl (C=O) groups excluding carboxylic acids is 1. The van der Waals surface area contributed by atoms with Crippen molar-refractivity contribution in [1.82, 2.24) is 14.7 Å². The van der Waals surface area contributed by atoms with E-state index in [-0.39, 0.29) is 16.3 Å². The highest BCUT2D eigenvalue weighted by Crippen LogP contribution is 2.46. The molecule has 1 amide bonds. The summed E-state index contributed by atoms with van der Waals surface area (Å²) in [5, 5.41) is 9.40. The number of aromatic nitrogens is 2. The number of fused-ring (bicyclic) bond motifs is 1. The first-order valence-electron chi connectivity index (χ1n) is 8.39. The van der Waals surface area contributed by atoms with Crippen molar-refractivity contribution >= 4 is 21.6 Å². The molecule has 1 fully saturated rings. The largest absolute Gasteiger partial charge is 0.348 e. The molecule has 1 aliphatic heterocycles. The lowest BCUT2D eigenvalue weighted by atomic mass is 10.1. The zero-order valence-corrected chi connectivity index (χ0v) is 15.5. The van der Waals surface area contributed by atoms with Gasteiger partial charge in [-0.1, -0.05) is 0 Å². The maximum Gasteiger partial charge on any atom is 0.257 e. The van der Waals surface area contributed by atoms with E-state index in [1.54, 1.807) is 21.8 Å². The molecule has 9 heteroatoms. The van der Waals surface area contributed by atoms with Gasteiger partial charge in [0.05, 0.1) is 35.6 Å². The number of hydrogen-bond acceptors (Lipinski definition) is 5. The van der Waals surface area contributed by atoms with Crippen LogP contribution >= 0.6 is 0 Å². The van der Waals surface area contributed by atoms with Gasteiger partial charge in [0.25, 0.3) is 5.91 Å². The predicted octanol–water partition coefficient (Wildman–Crippen LogP) is 1.04. The number of anilines is 1. The summed E-state index contributed by atoms with van der Waals surface area (Å²) in [7, 11) is -2.05. The highest BCUT2D eigenvalue weighted by Gasteiger charge is 2.47. The van der Waals surface area contributed by atoms with Gasteiger partial charge in [-0.05, 0) is 38.0 Å². The monoisotopic (exact) mass is 375 g/mol. The second kappa shape index (κ2) is 5.55. The van der Waals surface area contributed by atoms with Gasteiger partial charge in [-0.15, -0.1) is 0 Å². The summed E-state index contributed by atoms with van der Waals surface area (Å²) in [5.74, 6) is -0.199. The Morgan fingerprint density at radius 1 is 1.31 bits per heavy atom. The smallest absolute Gasteiger partial charge is 0.257 e. The summed E-state index contributed by atoms with van der Waals surface area (Å²) in [4.78, 5) is 16.9. The van der Waals surface area contributed by atoms with Gasteiger partial charge in [0.15, 0.2) is 0 Å². The maximum absolute atomic E-state index is 13.0. The Kier molecular flexibility index (Phi) is 3.64. The van der Waals surface area contributed by atoms with Crippen molar-refractivity contribution in [3.8, 4) is 0 Å². The lowest BCUT2D eigenvalue weighted by molar-refractivity contribution is 0.0722. The van der Waals surface area contributed by atoms with Crippen LogP contribution in [0.2, 0.25) is 0 Å². The number of amides is 1. The number of nitrogens with zero attached hydrogens (tertiary/aromatic N) is 4. The quantitative estimate of drug-likeness (QED) is 0.860. The van der Waals surface area contributed by atoms with E-state index in [1.165, 1.54) is 12.1 Å². The standard InChI is InChI=1S/C17H21N5O3S/c1-17(5-6-17)22-11-21(10-12-8-19-20(2)9-12)16(23)14-7-13(26(18,24)25)3-4-15(14)22/h3-4,7-9H,5-6,10-11H2,1-2H3,(H2,18,24,25). The molecule has 26 heavy (non-hydrogen) atoms. The minimum atomic E-state index is -3.87. The van der Waals surface area contributed by atoms with Crippen LogP contribution in [0.25, 0.3) is 0 Å². The fourth-order valence-electron chi connectivity index (χ4n) is 3.39. The molecule has 0 radical (unpaired) electrons. The minimum Gasteiger partial charge on any atom is -0.348 e. The Labute approximate surface area is 152 Å². The normalized spacial score (nSPS) is 18.8. The highest BCUT2D eigenvalue weighted by molar-refractivity contribution is 7.89. The molecule has 138 valence electrons. The molecule has 0 unspecified atom stereocenters. The van der Waals surface area contributed by atoms with E-state index in [0.29, 0.717) is 18.8 Å². The molecule has 2 aromatic rings. The number of rotatable bonds is 4. The highest BCUT2D eigenvalue weighted by atomic mass is 32.2. The van der Waals surface area contributed by atoms with Crippen LogP contribution < -0.4 is 10.0 Å². The molecule has 0 spiro atoms.